The van der Waals surface area contributed by atoms with Crippen LogP contribution in [0, 0.1) is 33.5 Å². The lowest BCUT2D eigenvalue weighted by Crippen LogP contribution is -2.67. The molecule has 0 radical (unpaired) electrons. The number of nitrogens with zero attached hydrogens (tertiary/aromatic N) is 1. The Hall–Kier alpha value is -3.26. The highest BCUT2D eigenvalue weighted by atomic mass is 16.5. The number of ether oxygens (including phenoxy) is 1. The molecule has 3 saturated carbocycles. The number of Topliss-reactive ketones (excluding diaryl/α,β-unsaturated/α-hetero) is 1. The number of allylic oxidation sites excluding steroid dienone is 4. The highest BCUT2D eigenvalue weighted by Gasteiger charge is 2.74. The number of amides is 2. The number of fused-ring (bicyclic) bond motifs is 1. The monoisotopic (exact) mass is 650 g/mol. The predicted molar refractivity (Wildman–Crippen MR) is 185 cm³/mol. The lowest BCUT2D eigenvalue weighted by atomic mass is 9.32. The molecule has 7 nitrogen and oxygen atoms in total. The molecule has 6 aliphatic carbocycles. The molecular formula is C41H50N2O5. The van der Waals surface area contributed by atoms with Crippen LogP contribution in [0.25, 0.3) is 0 Å². The maximum Gasteiger partial charge on any atom is 0.322 e. The van der Waals surface area contributed by atoms with E-state index in [1.165, 1.54) is 0 Å². The Kier molecular flexibility index (Phi) is 7.59. The van der Waals surface area contributed by atoms with Crippen molar-refractivity contribution in [3.05, 3.63) is 90.0 Å². The summed E-state index contributed by atoms with van der Waals surface area (Å²) in [6, 6.07) is 18.9. The van der Waals surface area contributed by atoms with Crippen molar-refractivity contribution < 1.29 is 24.5 Å². The minimum absolute atomic E-state index is 0.0210. The average molecular weight is 651 g/mol. The number of aliphatic hydroxyl groups excluding tert-OH is 1. The number of nitrogens with one attached hydrogen (secondary N) is 1. The number of urea groups is 1. The van der Waals surface area contributed by atoms with Crippen LogP contribution in [-0.4, -0.2) is 64.4 Å². The summed E-state index contributed by atoms with van der Waals surface area (Å²) in [4.78, 5) is 30.4. The van der Waals surface area contributed by atoms with E-state index >= 15 is 0 Å². The molecule has 48 heavy (non-hydrogen) atoms. The summed E-state index contributed by atoms with van der Waals surface area (Å²) in [6.07, 6.45) is 13.8. The fourth-order valence-electron chi connectivity index (χ4n) is 11.6. The molecular weight excluding hydrogens is 600 g/mol. The predicted octanol–water partition coefficient (Wildman–Crippen LogP) is 7.17. The molecule has 3 N–H and O–H groups in total. The number of ketones is 1. The van der Waals surface area contributed by atoms with Crippen LogP contribution < -0.4 is 5.32 Å². The van der Waals surface area contributed by atoms with Crippen molar-refractivity contribution in [2.75, 3.05) is 25.0 Å². The SMILES string of the molecule is CC12CCC(O)CC13C=CC1(C(C(=O)c4ccccc4)=C3)C2CCC2(C)C1CCC2(O)CN(CC1CCCO1)C(=O)Nc1ccccc1. The Balaban J connectivity index is 1.18. The maximum absolute atomic E-state index is 14.7. The molecule has 0 aromatic heterocycles. The van der Waals surface area contributed by atoms with E-state index in [4.69, 9.17) is 4.74 Å². The Bertz CT molecular complexity index is 1640. The summed E-state index contributed by atoms with van der Waals surface area (Å²) < 4.78 is 6.00. The summed E-state index contributed by atoms with van der Waals surface area (Å²) in [5.74, 6) is 0.306. The van der Waals surface area contributed by atoms with Crippen molar-refractivity contribution >= 4 is 17.5 Å². The van der Waals surface area contributed by atoms with Gasteiger partial charge in [0.2, 0.25) is 0 Å². The topological polar surface area (TPSA) is 99.1 Å². The molecule has 2 spiro atoms. The van der Waals surface area contributed by atoms with Gasteiger partial charge in [-0.05, 0) is 87.2 Å². The third kappa shape index (κ3) is 4.56. The second kappa shape index (κ2) is 11.4. The molecule has 1 heterocycles. The van der Waals surface area contributed by atoms with Crippen LogP contribution in [-0.2, 0) is 4.74 Å². The molecule has 2 aromatic carbocycles. The number of hydrogen-bond acceptors (Lipinski definition) is 5. The minimum Gasteiger partial charge on any atom is -0.393 e. The molecule has 2 bridgehead atoms. The van der Waals surface area contributed by atoms with Gasteiger partial charge < -0.3 is 25.2 Å². The smallest absolute Gasteiger partial charge is 0.322 e. The third-order valence-corrected chi connectivity index (χ3v) is 14.2. The van der Waals surface area contributed by atoms with Crippen molar-refractivity contribution in [1.82, 2.24) is 4.90 Å². The fraction of sp³-hybridized carbons (Fsp3) is 0.561. The van der Waals surface area contributed by atoms with Crippen molar-refractivity contribution in [3.63, 3.8) is 0 Å². The first kappa shape index (κ1) is 32.0. The lowest BCUT2D eigenvalue weighted by Gasteiger charge is -2.71. The van der Waals surface area contributed by atoms with Gasteiger partial charge in [-0.15, -0.1) is 0 Å². The highest BCUT2D eigenvalue weighted by molar-refractivity contribution is 6.10. The number of carbonyl (C=O) groups is 2. The van der Waals surface area contributed by atoms with Crippen molar-refractivity contribution in [1.29, 1.82) is 0 Å². The summed E-state index contributed by atoms with van der Waals surface area (Å²) >= 11 is 0. The van der Waals surface area contributed by atoms with E-state index in [1.807, 2.05) is 60.7 Å². The second-order valence-corrected chi connectivity index (χ2v) is 16.3. The summed E-state index contributed by atoms with van der Waals surface area (Å²) in [6.45, 7) is 5.97. The number of hydrogen-bond donors (Lipinski definition) is 3. The summed E-state index contributed by atoms with van der Waals surface area (Å²) in [7, 11) is 0. The first-order chi connectivity index (χ1) is 23.0. The first-order valence-corrected chi connectivity index (χ1v) is 18.2. The molecule has 1 aliphatic heterocycles. The van der Waals surface area contributed by atoms with Crippen molar-refractivity contribution in [2.24, 2.45) is 33.5 Å². The largest absolute Gasteiger partial charge is 0.393 e. The number of anilines is 1. The zero-order chi connectivity index (χ0) is 33.4. The van der Waals surface area contributed by atoms with Gasteiger partial charge in [-0.25, -0.2) is 4.79 Å². The quantitative estimate of drug-likeness (QED) is 0.218. The standard InChI is InChI=1S/C41H50N2O5/c1-37-18-15-30(44)24-39(37)21-22-41(32(25-39)35(45)28-10-5-3-6-11-28)33(37)16-19-38(2)34(41)17-20-40(38,47)27-43(26-31-14-9-23-48-31)36(46)42-29-12-7-4-8-13-29/h3-8,10-13,21-22,25,30-31,33-34,44,47H,9,14-20,23-24,26-27H2,1-2H3,(H,42,46). The van der Waals surface area contributed by atoms with Gasteiger partial charge in [0.15, 0.2) is 5.78 Å². The van der Waals surface area contributed by atoms with E-state index in [0.717, 1.165) is 56.2 Å². The Morgan fingerprint density at radius 3 is 2.31 bits per heavy atom. The molecule has 7 heteroatoms. The van der Waals surface area contributed by atoms with Gasteiger partial charge in [-0.1, -0.05) is 80.6 Å². The molecule has 1 saturated heterocycles. The van der Waals surface area contributed by atoms with Gasteiger partial charge in [0.1, 0.15) is 0 Å². The van der Waals surface area contributed by atoms with Crippen molar-refractivity contribution in [2.45, 2.75) is 89.4 Å². The van der Waals surface area contributed by atoms with E-state index in [0.29, 0.717) is 31.6 Å². The van der Waals surface area contributed by atoms with Crippen LogP contribution in [0.3, 0.4) is 0 Å². The van der Waals surface area contributed by atoms with Crippen molar-refractivity contribution in [3.8, 4) is 0 Å². The Morgan fingerprint density at radius 1 is 0.896 bits per heavy atom. The molecule has 9 unspecified atom stereocenters. The van der Waals surface area contributed by atoms with Gasteiger partial charge in [0.05, 0.1) is 24.4 Å². The molecule has 254 valence electrons. The van der Waals surface area contributed by atoms with Gasteiger partial charge >= 0.3 is 6.03 Å². The lowest BCUT2D eigenvalue weighted by molar-refractivity contribution is -0.175. The van der Waals surface area contributed by atoms with E-state index in [1.54, 1.807) is 4.90 Å². The molecule has 4 fully saturated rings. The molecule has 2 amide bonds. The van der Waals surface area contributed by atoms with E-state index in [2.05, 4.69) is 37.4 Å². The second-order valence-electron chi connectivity index (χ2n) is 16.3. The number of aliphatic hydroxyl groups is 2. The third-order valence-electron chi connectivity index (χ3n) is 14.2. The molecule has 7 aliphatic rings. The van der Waals surface area contributed by atoms with Gasteiger partial charge in [-0.3, -0.25) is 4.79 Å². The fourth-order valence-corrected chi connectivity index (χ4v) is 11.6. The van der Waals surface area contributed by atoms with E-state index in [9.17, 15) is 19.8 Å². The molecule has 9 rings (SSSR count). The molecule has 9 atom stereocenters. The van der Waals surface area contributed by atoms with Crippen LogP contribution >= 0.6 is 0 Å². The minimum atomic E-state index is -1.14. The zero-order valence-electron chi connectivity index (χ0n) is 28.4. The van der Waals surface area contributed by atoms with Crippen LogP contribution in [0.2, 0.25) is 0 Å². The summed E-state index contributed by atoms with van der Waals surface area (Å²) in [5, 5.41) is 27.0. The highest BCUT2D eigenvalue weighted by Crippen LogP contribution is 2.78. The summed E-state index contributed by atoms with van der Waals surface area (Å²) in [5.41, 5.74) is -0.409. The number of para-hydroxylation sites is 1. The Morgan fingerprint density at radius 2 is 1.58 bits per heavy atom. The first-order valence-electron chi connectivity index (χ1n) is 18.2. The van der Waals surface area contributed by atoms with E-state index in [-0.39, 0.29) is 53.2 Å². The van der Waals surface area contributed by atoms with Crippen LogP contribution in [0.4, 0.5) is 10.5 Å². The normalized spacial score (nSPS) is 40.8. The van der Waals surface area contributed by atoms with Gasteiger partial charge in [0.25, 0.3) is 0 Å². The average Bonchev–Trinajstić information content (AvgIpc) is 3.70. The zero-order valence-corrected chi connectivity index (χ0v) is 28.4. The number of carbonyl (C=O) groups excluding carboxylic acids is 2. The van der Waals surface area contributed by atoms with Gasteiger partial charge in [0, 0.05) is 46.2 Å². The molecule has 2 aromatic rings. The number of rotatable bonds is 7. The maximum atomic E-state index is 14.7. The van der Waals surface area contributed by atoms with E-state index < -0.39 is 16.4 Å². The van der Waals surface area contributed by atoms with Gasteiger partial charge in [-0.2, -0.15) is 0 Å². The number of benzene rings is 2. The van der Waals surface area contributed by atoms with Crippen LogP contribution in [0.1, 0.15) is 82.0 Å². The Labute approximate surface area is 284 Å². The van der Waals surface area contributed by atoms with Crippen LogP contribution in [0.15, 0.2) is 84.5 Å². The van der Waals surface area contributed by atoms with Crippen LogP contribution in [0.5, 0.6) is 0 Å².